The molecule has 0 atom stereocenters. The van der Waals surface area contributed by atoms with Crippen LogP contribution >= 0.6 is 34.8 Å². The van der Waals surface area contributed by atoms with Gasteiger partial charge in [-0.05, 0) is 29.8 Å². The van der Waals surface area contributed by atoms with Crippen LogP contribution < -0.4 is 0 Å². The average Bonchev–Trinajstić information content (AvgIpc) is 2.88. The molecule has 1 aromatic heterocycles. The van der Waals surface area contributed by atoms with Crippen molar-refractivity contribution in [3.05, 3.63) is 51.1 Å². The maximum absolute atomic E-state index is 10.6. The molecule has 0 aliphatic heterocycles. The Morgan fingerprint density at radius 1 is 1.14 bits per heavy atom. The van der Waals surface area contributed by atoms with Gasteiger partial charge in [0.05, 0.1) is 22.5 Å². The molecule has 1 heterocycles. The van der Waals surface area contributed by atoms with E-state index < -0.39 is 0 Å². The number of aromatic hydroxyl groups is 1. The van der Waals surface area contributed by atoms with E-state index in [1.165, 1.54) is 0 Å². The number of aromatic amines is 1. The van der Waals surface area contributed by atoms with Crippen LogP contribution in [0.5, 0.6) is 5.75 Å². The molecule has 0 aliphatic carbocycles. The summed E-state index contributed by atoms with van der Waals surface area (Å²) in [4.78, 5) is 3.03. The number of H-pyrrole nitrogens is 1. The van der Waals surface area contributed by atoms with Gasteiger partial charge in [-0.2, -0.15) is 5.26 Å². The molecule has 0 aliphatic rings. The number of hydrogen-bond donors (Lipinski definition) is 2. The van der Waals surface area contributed by atoms with Crippen LogP contribution in [-0.4, -0.2) is 10.1 Å². The summed E-state index contributed by atoms with van der Waals surface area (Å²) in [5.41, 5.74) is 2.53. The topological polar surface area (TPSA) is 59.8 Å². The van der Waals surface area contributed by atoms with Gasteiger partial charge in [0.1, 0.15) is 5.75 Å². The van der Waals surface area contributed by atoms with Gasteiger partial charge >= 0.3 is 0 Å². The maximum atomic E-state index is 10.6. The number of fused-ring (bicyclic) bond motifs is 1. The fourth-order valence-electron chi connectivity index (χ4n) is 2.47. The number of hydrogen-bond acceptors (Lipinski definition) is 2. The second-order valence-electron chi connectivity index (χ2n) is 4.78. The number of phenolic OH excluding ortho intramolecular Hbond substituents is 1. The first-order valence-electron chi connectivity index (χ1n) is 6.36. The molecule has 3 nitrogen and oxygen atoms in total. The van der Waals surface area contributed by atoms with E-state index >= 15 is 0 Å². The van der Waals surface area contributed by atoms with E-state index in [1.54, 1.807) is 24.4 Å². The molecule has 0 bridgehead atoms. The quantitative estimate of drug-likeness (QED) is 0.593. The monoisotopic (exact) mass is 350 g/mol. The molecule has 3 aromatic rings. The van der Waals surface area contributed by atoms with Gasteiger partial charge in [-0.25, -0.2) is 0 Å². The van der Waals surface area contributed by atoms with Crippen LogP contribution in [0.2, 0.25) is 15.1 Å². The van der Waals surface area contributed by atoms with E-state index in [1.807, 2.05) is 6.07 Å². The van der Waals surface area contributed by atoms with Crippen molar-refractivity contribution in [3.63, 3.8) is 0 Å². The first-order chi connectivity index (χ1) is 10.5. The van der Waals surface area contributed by atoms with Crippen LogP contribution in [0.25, 0.3) is 22.0 Å². The highest BCUT2D eigenvalue weighted by Crippen LogP contribution is 2.43. The lowest BCUT2D eigenvalue weighted by molar-refractivity contribution is 0.483. The standard InChI is InChI=1S/C16H9Cl3N2O/c17-9-5-11(15(19)12(18)6-9)10-1-2-13-14(16(10)22)8(3-4-20)7-21-13/h1-2,5-7,21-22H,3H2. The smallest absolute Gasteiger partial charge is 0.133 e. The van der Waals surface area contributed by atoms with Crippen molar-refractivity contribution >= 4 is 45.7 Å². The van der Waals surface area contributed by atoms with Crippen molar-refractivity contribution in [2.24, 2.45) is 0 Å². The maximum Gasteiger partial charge on any atom is 0.133 e. The summed E-state index contributed by atoms with van der Waals surface area (Å²) in [6.45, 7) is 0. The number of nitrogens with zero attached hydrogens (tertiary/aromatic N) is 1. The Morgan fingerprint density at radius 3 is 2.64 bits per heavy atom. The minimum atomic E-state index is 0.0456. The summed E-state index contributed by atoms with van der Waals surface area (Å²) in [6.07, 6.45) is 1.91. The van der Waals surface area contributed by atoms with E-state index in [-0.39, 0.29) is 12.2 Å². The molecule has 0 radical (unpaired) electrons. The van der Waals surface area contributed by atoms with Gasteiger partial charge in [-0.1, -0.05) is 34.8 Å². The Balaban J connectivity index is 2.31. The molecule has 0 amide bonds. The first kappa shape index (κ1) is 15.1. The average molecular weight is 352 g/mol. The molecule has 6 heteroatoms. The Morgan fingerprint density at radius 2 is 1.91 bits per heavy atom. The summed E-state index contributed by atoms with van der Waals surface area (Å²) in [6, 6.07) is 8.82. The van der Waals surface area contributed by atoms with Gasteiger partial charge in [-0.15, -0.1) is 0 Å². The molecular formula is C16H9Cl3N2O. The summed E-state index contributed by atoms with van der Waals surface area (Å²) in [7, 11) is 0. The third-order valence-electron chi connectivity index (χ3n) is 3.45. The molecule has 2 N–H and O–H groups in total. The number of phenols is 1. The molecule has 0 fully saturated rings. The lowest BCUT2D eigenvalue weighted by Gasteiger charge is -2.10. The minimum absolute atomic E-state index is 0.0456. The van der Waals surface area contributed by atoms with Gasteiger partial charge in [0.2, 0.25) is 0 Å². The van der Waals surface area contributed by atoms with Crippen molar-refractivity contribution in [2.45, 2.75) is 6.42 Å². The third-order valence-corrected chi connectivity index (χ3v) is 4.47. The number of halogens is 3. The molecule has 22 heavy (non-hydrogen) atoms. The number of benzene rings is 2. The summed E-state index contributed by atoms with van der Waals surface area (Å²) in [5, 5.41) is 21.2. The van der Waals surface area contributed by atoms with Gasteiger partial charge < -0.3 is 10.1 Å². The van der Waals surface area contributed by atoms with Crippen molar-refractivity contribution in [3.8, 4) is 22.9 Å². The highest BCUT2D eigenvalue weighted by molar-refractivity contribution is 6.45. The highest BCUT2D eigenvalue weighted by Gasteiger charge is 2.17. The Labute approximate surface area is 141 Å². The number of nitrogens with one attached hydrogen (secondary N) is 1. The number of nitriles is 1. The highest BCUT2D eigenvalue weighted by atomic mass is 35.5. The zero-order chi connectivity index (χ0) is 15.9. The Kier molecular flexibility index (Phi) is 3.92. The van der Waals surface area contributed by atoms with E-state index in [0.29, 0.717) is 31.6 Å². The first-order valence-corrected chi connectivity index (χ1v) is 7.50. The molecule has 0 saturated carbocycles. The van der Waals surface area contributed by atoms with Crippen molar-refractivity contribution in [2.75, 3.05) is 0 Å². The van der Waals surface area contributed by atoms with Crippen LogP contribution in [-0.2, 0) is 6.42 Å². The lowest BCUT2D eigenvalue weighted by atomic mass is 10.00. The van der Waals surface area contributed by atoms with Crippen LogP contribution in [0.3, 0.4) is 0 Å². The fourth-order valence-corrected chi connectivity index (χ4v) is 3.17. The van der Waals surface area contributed by atoms with Crippen LogP contribution in [0.4, 0.5) is 0 Å². The van der Waals surface area contributed by atoms with Crippen molar-refractivity contribution < 1.29 is 5.11 Å². The van der Waals surface area contributed by atoms with Crippen LogP contribution in [0.1, 0.15) is 5.56 Å². The summed E-state index contributed by atoms with van der Waals surface area (Å²) >= 11 is 18.3. The van der Waals surface area contributed by atoms with E-state index in [9.17, 15) is 5.11 Å². The molecule has 0 saturated heterocycles. The Hall–Kier alpha value is -1.86. The fraction of sp³-hybridized carbons (Fsp3) is 0.0625. The molecule has 110 valence electrons. The molecule has 0 spiro atoms. The normalized spacial score (nSPS) is 10.8. The number of aromatic nitrogens is 1. The Bertz CT molecular complexity index is 925. The van der Waals surface area contributed by atoms with Gasteiger partial charge in [0, 0.05) is 33.2 Å². The van der Waals surface area contributed by atoms with E-state index in [0.717, 1.165) is 11.1 Å². The molecular weight excluding hydrogens is 343 g/mol. The molecule has 2 aromatic carbocycles. The van der Waals surface area contributed by atoms with E-state index in [2.05, 4.69) is 11.1 Å². The summed E-state index contributed by atoms with van der Waals surface area (Å²) < 4.78 is 0. The zero-order valence-corrected chi connectivity index (χ0v) is 13.4. The van der Waals surface area contributed by atoms with Crippen molar-refractivity contribution in [1.82, 2.24) is 4.98 Å². The summed E-state index contributed by atoms with van der Waals surface area (Å²) in [5.74, 6) is 0.0456. The van der Waals surface area contributed by atoms with Crippen LogP contribution in [0.15, 0.2) is 30.5 Å². The lowest BCUT2D eigenvalue weighted by Crippen LogP contribution is -1.86. The van der Waals surface area contributed by atoms with Gasteiger partial charge in [0.15, 0.2) is 0 Å². The minimum Gasteiger partial charge on any atom is -0.507 e. The largest absolute Gasteiger partial charge is 0.507 e. The van der Waals surface area contributed by atoms with Gasteiger partial charge in [-0.3, -0.25) is 0 Å². The predicted molar refractivity (Wildman–Crippen MR) is 89.7 cm³/mol. The van der Waals surface area contributed by atoms with Crippen molar-refractivity contribution in [1.29, 1.82) is 5.26 Å². The van der Waals surface area contributed by atoms with Gasteiger partial charge in [0.25, 0.3) is 0 Å². The second-order valence-corrected chi connectivity index (χ2v) is 6.00. The SMILES string of the molecule is N#CCc1c[nH]c2ccc(-c3cc(Cl)cc(Cl)c3Cl)c(O)c12. The van der Waals surface area contributed by atoms with E-state index in [4.69, 9.17) is 40.1 Å². The third kappa shape index (κ3) is 2.40. The molecule has 0 unspecified atom stereocenters. The predicted octanol–water partition coefficient (Wildman–Crippen LogP) is 5.57. The second kappa shape index (κ2) is 5.73. The van der Waals surface area contributed by atoms with Crippen LogP contribution in [0, 0.1) is 11.3 Å². The zero-order valence-electron chi connectivity index (χ0n) is 11.1. The number of rotatable bonds is 2. The molecule has 3 rings (SSSR count).